The molecule has 0 aliphatic heterocycles. The van der Waals surface area contributed by atoms with E-state index in [1.807, 2.05) is 13.8 Å². The molecule has 0 aliphatic rings. The molecule has 6 nitrogen and oxygen atoms in total. The summed E-state index contributed by atoms with van der Waals surface area (Å²) in [6, 6.07) is 13.6. The molecule has 0 heterocycles. The predicted octanol–water partition coefficient (Wildman–Crippen LogP) is 3.87. The third-order valence-electron chi connectivity index (χ3n) is 3.74. The van der Waals surface area contributed by atoms with Crippen LogP contribution in [0.25, 0.3) is 0 Å². The van der Waals surface area contributed by atoms with Crippen LogP contribution < -0.4 is 20.7 Å². The smallest absolute Gasteiger partial charge is 0.323 e. The van der Waals surface area contributed by atoms with Gasteiger partial charge in [0.1, 0.15) is 5.75 Å². The van der Waals surface area contributed by atoms with Gasteiger partial charge in [-0.2, -0.15) is 0 Å². The van der Waals surface area contributed by atoms with Gasteiger partial charge in [0, 0.05) is 17.8 Å². The van der Waals surface area contributed by atoms with E-state index in [0.717, 1.165) is 6.42 Å². The van der Waals surface area contributed by atoms with E-state index in [9.17, 15) is 9.59 Å². The van der Waals surface area contributed by atoms with Crippen molar-refractivity contribution >= 4 is 23.3 Å². The number of hydrogen-bond donors (Lipinski definition) is 3. The Morgan fingerprint density at radius 3 is 2.56 bits per heavy atom. The summed E-state index contributed by atoms with van der Waals surface area (Å²) in [5.74, 6) is 0.428. The number of nitrogens with one attached hydrogen (secondary N) is 3. The molecule has 2 rings (SSSR count). The Morgan fingerprint density at radius 2 is 1.84 bits per heavy atom. The second kappa shape index (κ2) is 8.73. The monoisotopic (exact) mass is 341 g/mol. The second-order valence-corrected chi connectivity index (χ2v) is 5.64. The van der Waals surface area contributed by atoms with Crippen molar-refractivity contribution in [2.45, 2.75) is 26.3 Å². The molecule has 6 heteroatoms. The van der Waals surface area contributed by atoms with Gasteiger partial charge in [-0.1, -0.05) is 25.1 Å². The van der Waals surface area contributed by atoms with Crippen molar-refractivity contribution in [3.05, 3.63) is 54.1 Å². The molecule has 3 amide bonds. The van der Waals surface area contributed by atoms with E-state index in [-0.39, 0.29) is 11.9 Å². The van der Waals surface area contributed by atoms with Gasteiger partial charge >= 0.3 is 6.03 Å². The van der Waals surface area contributed by atoms with Crippen molar-refractivity contribution in [1.29, 1.82) is 0 Å². The van der Waals surface area contributed by atoms with Crippen LogP contribution in [0.4, 0.5) is 16.2 Å². The van der Waals surface area contributed by atoms with Crippen molar-refractivity contribution in [3.8, 4) is 5.75 Å². The maximum atomic E-state index is 12.4. The first kappa shape index (κ1) is 18.3. The van der Waals surface area contributed by atoms with Gasteiger partial charge < -0.3 is 20.7 Å². The van der Waals surface area contributed by atoms with Crippen molar-refractivity contribution in [1.82, 2.24) is 5.32 Å². The van der Waals surface area contributed by atoms with Crippen molar-refractivity contribution < 1.29 is 14.3 Å². The minimum absolute atomic E-state index is 0.0613. The fourth-order valence-electron chi connectivity index (χ4n) is 2.18. The lowest BCUT2D eigenvalue weighted by molar-refractivity contribution is 0.0940. The average Bonchev–Trinajstić information content (AvgIpc) is 2.62. The number of rotatable bonds is 6. The summed E-state index contributed by atoms with van der Waals surface area (Å²) in [7, 11) is 1.56. The van der Waals surface area contributed by atoms with Crippen molar-refractivity contribution in [2.75, 3.05) is 17.7 Å². The Bertz CT molecular complexity index is 746. The molecule has 2 aromatic rings. The third kappa shape index (κ3) is 5.24. The first-order chi connectivity index (χ1) is 12.0. The zero-order chi connectivity index (χ0) is 18.2. The Balaban J connectivity index is 2.09. The molecule has 0 unspecified atom stereocenters. The van der Waals surface area contributed by atoms with E-state index in [1.54, 1.807) is 55.6 Å². The van der Waals surface area contributed by atoms with Crippen LogP contribution in [0.15, 0.2) is 48.5 Å². The maximum absolute atomic E-state index is 12.4. The van der Waals surface area contributed by atoms with Gasteiger partial charge in [-0.15, -0.1) is 0 Å². The molecule has 0 fully saturated rings. The highest BCUT2D eigenvalue weighted by atomic mass is 16.5. The van der Waals surface area contributed by atoms with Gasteiger partial charge in [-0.25, -0.2) is 4.79 Å². The summed E-state index contributed by atoms with van der Waals surface area (Å²) in [4.78, 5) is 24.6. The van der Waals surface area contributed by atoms with E-state index in [0.29, 0.717) is 22.7 Å². The molecule has 132 valence electrons. The standard InChI is InChI=1S/C19H23N3O3/c1-4-13(2)20-18(23)16-10-5-6-11-17(16)22-19(24)21-14-8-7-9-15(12-14)25-3/h5-13H,4H2,1-3H3,(H,20,23)(H2,21,22,24)/t13-/m1/s1. The van der Waals surface area contributed by atoms with Gasteiger partial charge in [0.05, 0.1) is 18.4 Å². The van der Waals surface area contributed by atoms with Crippen LogP contribution in [0, 0.1) is 0 Å². The van der Waals surface area contributed by atoms with Gasteiger partial charge in [0.25, 0.3) is 5.91 Å². The second-order valence-electron chi connectivity index (χ2n) is 5.64. The summed E-state index contributed by atoms with van der Waals surface area (Å²) in [5.41, 5.74) is 1.46. The molecule has 0 aliphatic carbocycles. The number of urea groups is 1. The fraction of sp³-hybridized carbons (Fsp3) is 0.263. The van der Waals surface area contributed by atoms with E-state index in [1.165, 1.54) is 0 Å². The fourth-order valence-corrected chi connectivity index (χ4v) is 2.18. The first-order valence-electron chi connectivity index (χ1n) is 8.15. The lowest BCUT2D eigenvalue weighted by atomic mass is 10.1. The van der Waals surface area contributed by atoms with Crippen LogP contribution in [0.2, 0.25) is 0 Å². The highest BCUT2D eigenvalue weighted by Crippen LogP contribution is 2.19. The molecule has 1 atom stereocenters. The molecule has 0 bridgehead atoms. The summed E-state index contributed by atoms with van der Waals surface area (Å²) in [6.07, 6.45) is 0.831. The van der Waals surface area contributed by atoms with Crippen molar-refractivity contribution in [2.24, 2.45) is 0 Å². The van der Waals surface area contributed by atoms with E-state index >= 15 is 0 Å². The predicted molar refractivity (Wildman–Crippen MR) is 99.3 cm³/mol. The lowest BCUT2D eigenvalue weighted by Gasteiger charge is -2.15. The molecule has 25 heavy (non-hydrogen) atoms. The first-order valence-corrected chi connectivity index (χ1v) is 8.15. The van der Waals surface area contributed by atoms with Gasteiger partial charge in [0.15, 0.2) is 0 Å². The highest BCUT2D eigenvalue weighted by Gasteiger charge is 2.14. The SMILES string of the molecule is CC[C@@H](C)NC(=O)c1ccccc1NC(=O)Nc1cccc(OC)c1. The van der Waals surface area contributed by atoms with Crippen LogP contribution >= 0.6 is 0 Å². The topological polar surface area (TPSA) is 79.5 Å². The molecule has 3 N–H and O–H groups in total. The largest absolute Gasteiger partial charge is 0.497 e. The number of para-hydroxylation sites is 1. The van der Waals surface area contributed by atoms with Crippen LogP contribution in [0.5, 0.6) is 5.75 Å². The summed E-state index contributed by atoms with van der Waals surface area (Å²) < 4.78 is 5.13. The van der Waals surface area contributed by atoms with E-state index in [2.05, 4.69) is 16.0 Å². The molecule has 0 aromatic heterocycles. The summed E-state index contributed by atoms with van der Waals surface area (Å²) in [5, 5.41) is 8.34. The number of amides is 3. The number of methoxy groups -OCH3 is 1. The number of carbonyl (C=O) groups is 2. The number of ether oxygens (including phenoxy) is 1. The van der Waals surface area contributed by atoms with Crippen LogP contribution in [0.3, 0.4) is 0 Å². The molecule has 0 saturated carbocycles. The lowest BCUT2D eigenvalue weighted by Crippen LogP contribution is -2.33. The molecule has 0 spiro atoms. The Hall–Kier alpha value is -3.02. The maximum Gasteiger partial charge on any atom is 0.323 e. The Labute approximate surface area is 147 Å². The Morgan fingerprint density at radius 1 is 1.08 bits per heavy atom. The molecule has 0 radical (unpaired) electrons. The minimum atomic E-state index is -0.433. The summed E-state index contributed by atoms with van der Waals surface area (Å²) >= 11 is 0. The van der Waals surface area contributed by atoms with Gasteiger partial charge in [-0.3, -0.25) is 4.79 Å². The highest BCUT2D eigenvalue weighted by molar-refractivity contribution is 6.06. The quantitative estimate of drug-likeness (QED) is 0.746. The van der Waals surface area contributed by atoms with Crippen LogP contribution in [-0.2, 0) is 0 Å². The zero-order valence-electron chi connectivity index (χ0n) is 14.6. The molecule has 2 aromatic carbocycles. The van der Waals surface area contributed by atoms with Gasteiger partial charge in [-0.05, 0) is 37.6 Å². The van der Waals surface area contributed by atoms with Crippen molar-refractivity contribution in [3.63, 3.8) is 0 Å². The number of anilines is 2. The summed E-state index contributed by atoms with van der Waals surface area (Å²) in [6.45, 7) is 3.93. The van der Waals surface area contributed by atoms with E-state index in [4.69, 9.17) is 4.74 Å². The van der Waals surface area contributed by atoms with E-state index < -0.39 is 6.03 Å². The zero-order valence-corrected chi connectivity index (χ0v) is 14.6. The number of carbonyl (C=O) groups excluding carboxylic acids is 2. The van der Waals surface area contributed by atoms with Crippen LogP contribution in [-0.4, -0.2) is 25.1 Å². The third-order valence-corrected chi connectivity index (χ3v) is 3.74. The molecule has 0 saturated heterocycles. The Kier molecular flexibility index (Phi) is 6.39. The molecular formula is C19H23N3O3. The number of hydrogen-bond acceptors (Lipinski definition) is 3. The van der Waals surface area contributed by atoms with Crippen LogP contribution in [0.1, 0.15) is 30.6 Å². The molecular weight excluding hydrogens is 318 g/mol. The minimum Gasteiger partial charge on any atom is -0.497 e. The normalized spacial score (nSPS) is 11.3. The average molecular weight is 341 g/mol. The van der Waals surface area contributed by atoms with Gasteiger partial charge in [0.2, 0.25) is 0 Å². The number of benzene rings is 2.